The molecule has 0 aromatic rings. The smallest absolute Gasteiger partial charge is 0.382 e. The first-order chi connectivity index (χ1) is 7.11. The van der Waals surface area contributed by atoms with Crippen molar-refractivity contribution >= 4 is 5.91 Å². The van der Waals surface area contributed by atoms with Gasteiger partial charge in [-0.05, 0) is 20.4 Å². The lowest BCUT2D eigenvalue weighted by Crippen LogP contribution is -2.54. The molecule has 0 aromatic carbocycles. The molecule has 96 valence electrons. The van der Waals surface area contributed by atoms with Gasteiger partial charge in [0.25, 0.3) is 0 Å². The summed E-state index contributed by atoms with van der Waals surface area (Å²) in [5.41, 5.74) is -0.958. The predicted molar refractivity (Wildman–Crippen MR) is 52.8 cm³/mol. The molecular weight excluding hydrogens is 225 g/mol. The highest BCUT2D eigenvalue weighted by Gasteiger charge is 2.39. The van der Waals surface area contributed by atoms with Gasteiger partial charge in [0.05, 0.1) is 12.1 Å². The second-order valence-electron chi connectivity index (χ2n) is 3.92. The Morgan fingerprint density at radius 2 is 1.88 bits per heavy atom. The van der Waals surface area contributed by atoms with Crippen molar-refractivity contribution in [1.82, 2.24) is 10.6 Å². The molecule has 0 saturated heterocycles. The molecule has 4 nitrogen and oxygen atoms in total. The molecule has 0 aliphatic carbocycles. The van der Waals surface area contributed by atoms with Gasteiger partial charge < -0.3 is 15.7 Å². The van der Waals surface area contributed by atoms with Crippen LogP contribution < -0.4 is 10.6 Å². The molecule has 0 aliphatic rings. The van der Waals surface area contributed by atoms with Crippen LogP contribution in [0.1, 0.15) is 20.8 Å². The van der Waals surface area contributed by atoms with Crippen LogP contribution in [-0.2, 0) is 4.79 Å². The molecule has 0 rings (SSSR count). The van der Waals surface area contributed by atoms with Gasteiger partial charge in [0.2, 0.25) is 5.91 Å². The molecule has 0 saturated carbocycles. The fourth-order valence-electron chi connectivity index (χ4n) is 1.05. The molecule has 7 heteroatoms. The molecule has 0 fully saturated rings. The quantitative estimate of drug-likeness (QED) is 0.654. The van der Waals surface area contributed by atoms with E-state index in [1.165, 1.54) is 0 Å². The third kappa shape index (κ3) is 4.80. The van der Waals surface area contributed by atoms with E-state index in [0.29, 0.717) is 6.54 Å². The first-order valence-electron chi connectivity index (χ1n) is 4.89. The summed E-state index contributed by atoms with van der Waals surface area (Å²) >= 11 is 0. The molecule has 0 aliphatic heterocycles. The van der Waals surface area contributed by atoms with Gasteiger partial charge in [0.1, 0.15) is 0 Å². The Labute approximate surface area is 92.2 Å². The van der Waals surface area contributed by atoms with Crippen molar-refractivity contribution in [3.05, 3.63) is 0 Å². The van der Waals surface area contributed by atoms with Gasteiger partial charge in [-0.25, -0.2) is 0 Å². The van der Waals surface area contributed by atoms with E-state index in [-0.39, 0.29) is 0 Å². The van der Waals surface area contributed by atoms with Gasteiger partial charge in [0, 0.05) is 0 Å². The Hall–Kier alpha value is -0.820. The second kappa shape index (κ2) is 5.49. The highest BCUT2D eigenvalue weighted by Crippen LogP contribution is 2.19. The fraction of sp³-hybridized carbons (Fsp3) is 0.889. The van der Waals surface area contributed by atoms with Crippen LogP contribution in [0.2, 0.25) is 0 Å². The molecule has 16 heavy (non-hydrogen) atoms. The Bertz CT molecular complexity index is 241. The zero-order valence-corrected chi connectivity index (χ0v) is 9.48. The number of hydrogen-bond acceptors (Lipinski definition) is 3. The van der Waals surface area contributed by atoms with E-state index in [2.05, 4.69) is 5.32 Å². The summed E-state index contributed by atoms with van der Waals surface area (Å²) in [6.07, 6.45) is -7.25. The summed E-state index contributed by atoms with van der Waals surface area (Å²) in [5, 5.41) is 13.5. The van der Waals surface area contributed by atoms with Crippen molar-refractivity contribution in [2.75, 3.05) is 13.1 Å². The van der Waals surface area contributed by atoms with E-state index in [1.807, 2.05) is 5.32 Å². The second-order valence-corrected chi connectivity index (χ2v) is 3.92. The van der Waals surface area contributed by atoms with Gasteiger partial charge in [-0.15, -0.1) is 0 Å². The average Bonchev–Trinajstić information content (AvgIpc) is 2.11. The number of aliphatic hydroxyl groups is 1. The summed E-state index contributed by atoms with van der Waals surface area (Å²) in [4.78, 5) is 11.4. The fourth-order valence-corrected chi connectivity index (χ4v) is 1.05. The lowest BCUT2D eigenvalue weighted by molar-refractivity contribution is -0.202. The number of halogens is 3. The number of amides is 1. The summed E-state index contributed by atoms with van der Waals surface area (Å²) in [7, 11) is 0. The maximum atomic E-state index is 11.9. The zero-order valence-electron chi connectivity index (χ0n) is 9.48. The highest BCUT2D eigenvalue weighted by molar-refractivity contribution is 5.85. The predicted octanol–water partition coefficient (Wildman–Crippen LogP) is 0.414. The van der Waals surface area contributed by atoms with Crippen LogP contribution in [0.3, 0.4) is 0 Å². The Kier molecular flexibility index (Phi) is 5.21. The van der Waals surface area contributed by atoms with E-state index < -0.39 is 30.3 Å². The molecular formula is C9H17F3N2O2. The number of nitrogens with one attached hydrogen (secondary N) is 2. The minimum Gasteiger partial charge on any atom is -0.382 e. The number of aliphatic hydroxyl groups excluding tert-OH is 1. The van der Waals surface area contributed by atoms with Gasteiger partial charge >= 0.3 is 6.18 Å². The van der Waals surface area contributed by atoms with Gasteiger partial charge in [0.15, 0.2) is 6.10 Å². The maximum absolute atomic E-state index is 11.9. The number of likely N-dealkylation sites (N-methyl/N-ethyl adjacent to an activating group) is 1. The molecule has 1 amide bonds. The molecule has 0 aromatic heterocycles. The molecule has 1 unspecified atom stereocenters. The largest absolute Gasteiger partial charge is 0.416 e. The first-order valence-corrected chi connectivity index (χ1v) is 4.89. The zero-order chi connectivity index (χ0) is 13.0. The molecule has 1 atom stereocenters. The van der Waals surface area contributed by atoms with Gasteiger partial charge in [-0.1, -0.05) is 6.92 Å². The minimum atomic E-state index is -4.71. The Morgan fingerprint density at radius 1 is 1.38 bits per heavy atom. The normalized spacial score (nSPS) is 14.7. The third-order valence-corrected chi connectivity index (χ3v) is 2.02. The van der Waals surface area contributed by atoms with Crippen LogP contribution >= 0.6 is 0 Å². The van der Waals surface area contributed by atoms with E-state index in [1.54, 1.807) is 20.8 Å². The van der Waals surface area contributed by atoms with Gasteiger partial charge in [-0.3, -0.25) is 4.79 Å². The van der Waals surface area contributed by atoms with E-state index >= 15 is 0 Å². The first kappa shape index (κ1) is 15.2. The topological polar surface area (TPSA) is 61.4 Å². The van der Waals surface area contributed by atoms with Crippen LogP contribution in [-0.4, -0.2) is 41.9 Å². The van der Waals surface area contributed by atoms with Crippen molar-refractivity contribution in [2.45, 2.75) is 38.6 Å². The van der Waals surface area contributed by atoms with Crippen molar-refractivity contribution in [3.8, 4) is 0 Å². The average molecular weight is 242 g/mol. The Morgan fingerprint density at radius 3 is 2.25 bits per heavy atom. The van der Waals surface area contributed by atoms with Crippen LogP contribution in [0.4, 0.5) is 13.2 Å². The van der Waals surface area contributed by atoms with Crippen molar-refractivity contribution in [2.24, 2.45) is 0 Å². The molecule has 3 N–H and O–H groups in total. The minimum absolute atomic E-state index is 0.516. The van der Waals surface area contributed by atoms with E-state index in [9.17, 15) is 18.0 Å². The van der Waals surface area contributed by atoms with Crippen LogP contribution in [0.5, 0.6) is 0 Å². The molecule has 0 bridgehead atoms. The lowest BCUT2D eigenvalue weighted by Gasteiger charge is -2.25. The maximum Gasteiger partial charge on any atom is 0.416 e. The molecule has 0 radical (unpaired) electrons. The van der Waals surface area contributed by atoms with Gasteiger partial charge in [-0.2, -0.15) is 13.2 Å². The molecule has 0 heterocycles. The Balaban J connectivity index is 4.17. The lowest BCUT2D eigenvalue weighted by atomic mass is 10.0. The number of carbonyl (C=O) groups is 1. The summed E-state index contributed by atoms with van der Waals surface area (Å²) in [5.74, 6) is -0.586. The van der Waals surface area contributed by atoms with Crippen molar-refractivity contribution in [3.63, 3.8) is 0 Å². The third-order valence-electron chi connectivity index (χ3n) is 2.02. The highest BCUT2D eigenvalue weighted by atomic mass is 19.4. The molecule has 0 spiro atoms. The standard InChI is InChI=1S/C9H17F3N2O2/c1-4-14-8(2,3)7(16)13-5-6(15)9(10,11)12/h6,14-15H,4-5H2,1-3H3,(H,13,16). The summed E-state index contributed by atoms with van der Waals surface area (Å²) in [6, 6.07) is 0. The number of alkyl halides is 3. The summed E-state index contributed by atoms with van der Waals surface area (Å²) < 4.78 is 35.8. The van der Waals surface area contributed by atoms with Crippen molar-refractivity contribution in [1.29, 1.82) is 0 Å². The number of carbonyl (C=O) groups excluding carboxylic acids is 1. The van der Waals surface area contributed by atoms with Crippen LogP contribution in [0, 0.1) is 0 Å². The SMILES string of the molecule is CCNC(C)(C)C(=O)NCC(O)C(F)(F)F. The van der Waals surface area contributed by atoms with Crippen LogP contribution in [0.25, 0.3) is 0 Å². The van der Waals surface area contributed by atoms with Crippen molar-refractivity contribution < 1.29 is 23.1 Å². The van der Waals surface area contributed by atoms with E-state index in [0.717, 1.165) is 0 Å². The number of rotatable bonds is 5. The summed E-state index contributed by atoms with van der Waals surface area (Å²) in [6.45, 7) is 4.55. The monoisotopic (exact) mass is 242 g/mol. The number of hydrogen-bond donors (Lipinski definition) is 3. The van der Waals surface area contributed by atoms with E-state index in [4.69, 9.17) is 5.11 Å². The van der Waals surface area contributed by atoms with Crippen LogP contribution in [0.15, 0.2) is 0 Å².